The van der Waals surface area contributed by atoms with Gasteiger partial charge in [-0.15, -0.1) is 22.9 Å². The zero-order chi connectivity index (χ0) is 10.9. The van der Waals surface area contributed by atoms with Gasteiger partial charge in [0.2, 0.25) is 0 Å². The Kier molecular flexibility index (Phi) is 3.01. The molecule has 0 aliphatic rings. The fourth-order valence-corrected chi connectivity index (χ4v) is 1.75. The Morgan fingerprint density at radius 1 is 1.57 bits per heavy atom. The van der Waals surface area contributed by atoms with Gasteiger partial charge in [-0.25, -0.2) is 9.78 Å². The normalized spacial score (nSPS) is 11.7. The van der Waals surface area contributed by atoms with Crippen LogP contribution in [0, 0.1) is 0 Å². The van der Waals surface area contributed by atoms with Crippen LogP contribution in [0.2, 0.25) is 0 Å². The van der Waals surface area contributed by atoms with Gasteiger partial charge in [-0.05, 0) is 0 Å². The van der Waals surface area contributed by atoms with Crippen molar-refractivity contribution in [1.82, 2.24) is 4.98 Å². The lowest BCUT2D eigenvalue weighted by molar-refractivity contribution is -0.141. The van der Waals surface area contributed by atoms with Crippen LogP contribution in [0.15, 0.2) is 0 Å². The molecule has 1 aromatic heterocycles. The molecule has 0 bridgehead atoms. The number of thiazole rings is 1. The molecule has 0 spiro atoms. The molecule has 0 aliphatic heterocycles. The van der Waals surface area contributed by atoms with Crippen LogP contribution in [0.1, 0.15) is 20.4 Å². The van der Waals surface area contributed by atoms with Crippen molar-refractivity contribution in [2.24, 2.45) is 0 Å². The quantitative estimate of drug-likeness (QED) is 0.815. The first-order valence-corrected chi connectivity index (χ1v) is 4.57. The molecule has 0 atom stereocenters. The highest BCUT2D eigenvalue weighted by atomic mass is 35.5. The van der Waals surface area contributed by atoms with Crippen molar-refractivity contribution in [3.8, 4) is 0 Å². The fraction of sp³-hybridized carbons (Fsp3) is 0.333. The van der Waals surface area contributed by atoms with Gasteiger partial charge in [-0.2, -0.15) is 13.2 Å². The molecule has 0 aromatic carbocycles. The average Bonchev–Trinajstić information content (AvgIpc) is 2.46. The predicted molar refractivity (Wildman–Crippen MR) is 43.6 cm³/mol. The van der Waals surface area contributed by atoms with E-state index >= 15 is 0 Å². The van der Waals surface area contributed by atoms with Gasteiger partial charge in [0.15, 0.2) is 5.69 Å². The lowest BCUT2D eigenvalue weighted by Gasteiger charge is -2.02. The molecular formula is C6H3ClF3NO2S. The summed E-state index contributed by atoms with van der Waals surface area (Å²) in [5, 5.41) is 8.41. The Morgan fingerprint density at radius 3 is 2.43 bits per heavy atom. The van der Waals surface area contributed by atoms with Gasteiger partial charge in [0.25, 0.3) is 0 Å². The monoisotopic (exact) mass is 245 g/mol. The van der Waals surface area contributed by atoms with Crippen LogP contribution < -0.4 is 0 Å². The number of nitrogens with zero attached hydrogens (tertiary/aromatic N) is 1. The van der Waals surface area contributed by atoms with E-state index in [2.05, 4.69) is 4.98 Å². The minimum Gasteiger partial charge on any atom is -0.477 e. The van der Waals surface area contributed by atoms with E-state index in [-0.39, 0.29) is 10.9 Å². The second-order valence-corrected chi connectivity index (χ2v) is 3.57. The number of carboxylic acid groups (broad SMARTS) is 1. The summed E-state index contributed by atoms with van der Waals surface area (Å²) in [6.45, 7) is 0. The maximum absolute atomic E-state index is 12.2. The number of alkyl halides is 4. The van der Waals surface area contributed by atoms with Crippen molar-refractivity contribution < 1.29 is 23.1 Å². The molecule has 0 aliphatic carbocycles. The van der Waals surface area contributed by atoms with Crippen LogP contribution in [0.3, 0.4) is 0 Å². The summed E-state index contributed by atoms with van der Waals surface area (Å²) >= 11 is 5.69. The molecule has 14 heavy (non-hydrogen) atoms. The SMILES string of the molecule is O=C(O)c1sc(CCl)nc1C(F)(F)F. The summed E-state index contributed by atoms with van der Waals surface area (Å²) in [5.74, 6) is -1.88. The zero-order valence-corrected chi connectivity index (χ0v) is 8.00. The first-order valence-electron chi connectivity index (χ1n) is 3.22. The molecule has 0 radical (unpaired) electrons. The summed E-state index contributed by atoms with van der Waals surface area (Å²) < 4.78 is 36.6. The number of rotatable bonds is 2. The zero-order valence-electron chi connectivity index (χ0n) is 6.43. The Labute approximate surface area is 85.1 Å². The molecule has 1 N–H and O–H groups in total. The van der Waals surface area contributed by atoms with E-state index in [0.717, 1.165) is 0 Å². The maximum atomic E-state index is 12.2. The second kappa shape index (κ2) is 3.74. The van der Waals surface area contributed by atoms with Crippen molar-refractivity contribution in [3.63, 3.8) is 0 Å². The van der Waals surface area contributed by atoms with Crippen LogP contribution in [0.4, 0.5) is 13.2 Å². The van der Waals surface area contributed by atoms with Crippen molar-refractivity contribution in [2.45, 2.75) is 12.1 Å². The minimum atomic E-state index is -4.76. The molecular weight excluding hydrogens is 243 g/mol. The lowest BCUT2D eigenvalue weighted by Crippen LogP contribution is -2.11. The summed E-state index contributed by atoms with van der Waals surface area (Å²) in [7, 11) is 0. The molecule has 1 aromatic rings. The molecule has 3 nitrogen and oxygen atoms in total. The van der Waals surface area contributed by atoms with Crippen molar-refractivity contribution in [2.75, 3.05) is 0 Å². The Morgan fingerprint density at radius 2 is 2.14 bits per heavy atom. The van der Waals surface area contributed by atoms with Gasteiger partial charge in [-0.3, -0.25) is 0 Å². The number of halogens is 4. The average molecular weight is 246 g/mol. The van der Waals surface area contributed by atoms with E-state index in [9.17, 15) is 18.0 Å². The third-order valence-corrected chi connectivity index (χ3v) is 2.70. The molecule has 0 saturated heterocycles. The largest absolute Gasteiger partial charge is 0.477 e. The summed E-state index contributed by atoms with van der Waals surface area (Å²) in [5.41, 5.74) is -1.38. The predicted octanol–water partition coefficient (Wildman–Crippen LogP) is 2.60. The van der Waals surface area contributed by atoms with Gasteiger partial charge >= 0.3 is 12.1 Å². The number of hydrogen-bond acceptors (Lipinski definition) is 3. The highest BCUT2D eigenvalue weighted by Crippen LogP contribution is 2.34. The molecule has 1 rings (SSSR count). The molecule has 0 unspecified atom stereocenters. The van der Waals surface area contributed by atoms with Crippen molar-refractivity contribution >= 4 is 28.9 Å². The number of carbonyl (C=O) groups is 1. The number of aromatic carboxylic acids is 1. The number of hydrogen-bond donors (Lipinski definition) is 1. The van der Waals surface area contributed by atoms with Gasteiger partial charge in [-0.1, -0.05) is 0 Å². The molecule has 0 fully saturated rings. The third kappa shape index (κ3) is 2.16. The second-order valence-electron chi connectivity index (χ2n) is 2.22. The van der Waals surface area contributed by atoms with Gasteiger partial charge in [0.05, 0.1) is 5.88 Å². The van der Waals surface area contributed by atoms with Crippen LogP contribution in [0.25, 0.3) is 0 Å². The molecule has 0 saturated carbocycles. The first kappa shape index (κ1) is 11.3. The summed E-state index contributed by atoms with van der Waals surface area (Å²) in [4.78, 5) is 12.7. The molecule has 1 heterocycles. The van der Waals surface area contributed by atoms with E-state index < -0.39 is 22.7 Å². The molecule has 0 amide bonds. The van der Waals surface area contributed by atoms with Crippen molar-refractivity contribution in [3.05, 3.63) is 15.6 Å². The van der Waals surface area contributed by atoms with E-state index in [4.69, 9.17) is 16.7 Å². The number of carboxylic acids is 1. The molecule has 8 heteroatoms. The summed E-state index contributed by atoms with van der Waals surface area (Å²) in [6.07, 6.45) is -4.76. The van der Waals surface area contributed by atoms with Crippen molar-refractivity contribution in [1.29, 1.82) is 0 Å². The van der Waals surface area contributed by atoms with Gasteiger partial charge < -0.3 is 5.11 Å². The Hall–Kier alpha value is -0.820. The van der Waals surface area contributed by atoms with Crippen LogP contribution >= 0.6 is 22.9 Å². The van der Waals surface area contributed by atoms with Gasteiger partial charge in [0.1, 0.15) is 9.88 Å². The fourth-order valence-electron chi connectivity index (χ4n) is 0.759. The van der Waals surface area contributed by atoms with E-state index in [1.54, 1.807) is 0 Å². The van der Waals surface area contributed by atoms with Crippen LogP contribution in [-0.4, -0.2) is 16.1 Å². The van der Waals surface area contributed by atoms with Crippen LogP contribution in [0.5, 0.6) is 0 Å². The Bertz CT molecular complexity index is 362. The molecule has 78 valence electrons. The lowest BCUT2D eigenvalue weighted by atomic mass is 10.3. The highest BCUT2D eigenvalue weighted by Gasteiger charge is 2.39. The first-order chi connectivity index (χ1) is 6.36. The number of aromatic nitrogens is 1. The smallest absolute Gasteiger partial charge is 0.435 e. The summed E-state index contributed by atoms with van der Waals surface area (Å²) in [6, 6.07) is 0. The van der Waals surface area contributed by atoms with Gasteiger partial charge in [0, 0.05) is 0 Å². The highest BCUT2D eigenvalue weighted by molar-refractivity contribution is 7.13. The maximum Gasteiger partial charge on any atom is 0.435 e. The standard InChI is InChI=1S/C6H3ClF3NO2S/c7-1-2-11-4(6(8,9)10)3(14-2)5(12)13/h1H2,(H,12,13). The third-order valence-electron chi connectivity index (χ3n) is 1.25. The minimum absolute atomic E-state index is 0.0589. The van der Waals surface area contributed by atoms with E-state index in [1.807, 2.05) is 0 Å². The Balaban J connectivity index is 3.26. The van der Waals surface area contributed by atoms with E-state index in [1.165, 1.54) is 0 Å². The topological polar surface area (TPSA) is 50.2 Å². The van der Waals surface area contributed by atoms with E-state index in [0.29, 0.717) is 11.3 Å². The van der Waals surface area contributed by atoms with Crippen LogP contribution in [-0.2, 0) is 12.1 Å².